The van der Waals surface area contributed by atoms with Gasteiger partial charge in [-0.25, -0.2) is 14.5 Å². The molecule has 0 amide bonds. The first kappa shape index (κ1) is 15.9. The van der Waals surface area contributed by atoms with Crippen molar-refractivity contribution < 1.29 is 9.53 Å². The van der Waals surface area contributed by atoms with Gasteiger partial charge in [0.05, 0.1) is 12.3 Å². The SMILES string of the molecule is CC(C)COC(=O)c1nc(-c2ccccc2)n(-c2ccccc2)n1. The molecule has 3 aromatic rings. The molecule has 24 heavy (non-hydrogen) atoms. The molecule has 0 saturated heterocycles. The van der Waals surface area contributed by atoms with E-state index in [0.29, 0.717) is 12.4 Å². The summed E-state index contributed by atoms with van der Waals surface area (Å²) in [7, 11) is 0. The lowest BCUT2D eigenvalue weighted by Gasteiger charge is -2.05. The van der Waals surface area contributed by atoms with Crippen molar-refractivity contribution in [3.63, 3.8) is 0 Å². The van der Waals surface area contributed by atoms with Gasteiger partial charge in [-0.15, -0.1) is 5.10 Å². The van der Waals surface area contributed by atoms with Crippen LogP contribution in [0.5, 0.6) is 0 Å². The Labute approximate surface area is 140 Å². The van der Waals surface area contributed by atoms with Crippen LogP contribution in [0.1, 0.15) is 24.5 Å². The zero-order chi connectivity index (χ0) is 16.9. The van der Waals surface area contributed by atoms with Crippen LogP contribution in [0, 0.1) is 5.92 Å². The van der Waals surface area contributed by atoms with Gasteiger partial charge in [0.1, 0.15) is 0 Å². The van der Waals surface area contributed by atoms with Crippen LogP contribution in [-0.2, 0) is 4.74 Å². The average Bonchev–Trinajstić information content (AvgIpc) is 3.06. The van der Waals surface area contributed by atoms with E-state index < -0.39 is 5.97 Å². The van der Waals surface area contributed by atoms with Gasteiger partial charge in [0.15, 0.2) is 5.82 Å². The second kappa shape index (κ2) is 7.08. The molecular formula is C19H19N3O2. The van der Waals surface area contributed by atoms with E-state index in [2.05, 4.69) is 10.1 Å². The quantitative estimate of drug-likeness (QED) is 0.672. The van der Waals surface area contributed by atoms with E-state index in [9.17, 15) is 4.79 Å². The van der Waals surface area contributed by atoms with E-state index in [1.54, 1.807) is 4.68 Å². The fourth-order valence-electron chi connectivity index (χ4n) is 2.23. The third-order valence-corrected chi connectivity index (χ3v) is 3.37. The van der Waals surface area contributed by atoms with Gasteiger partial charge in [-0.3, -0.25) is 0 Å². The summed E-state index contributed by atoms with van der Waals surface area (Å²) in [6, 6.07) is 19.3. The highest BCUT2D eigenvalue weighted by Crippen LogP contribution is 2.21. The lowest BCUT2D eigenvalue weighted by molar-refractivity contribution is 0.0445. The predicted molar refractivity (Wildman–Crippen MR) is 91.9 cm³/mol. The summed E-state index contributed by atoms with van der Waals surface area (Å²) in [5.74, 6) is 0.436. The van der Waals surface area contributed by atoms with Crippen LogP contribution >= 0.6 is 0 Å². The van der Waals surface area contributed by atoms with Crippen molar-refractivity contribution in [3.05, 3.63) is 66.5 Å². The maximum absolute atomic E-state index is 12.2. The van der Waals surface area contributed by atoms with Crippen LogP contribution in [-0.4, -0.2) is 27.3 Å². The monoisotopic (exact) mass is 321 g/mol. The van der Waals surface area contributed by atoms with Crippen molar-refractivity contribution in [1.82, 2.24) is 14.8 Å². The zero-order valence-corrected chi connectivity index (χ0v) is 13.7. The van der Waals surface area contributed by atoms with Gasteiger partial charge >= 0.3 is 5.97 Å². The van der Waals surface area contributed by atoms with E-state index in [-0.39, 0.29) is 11.7 Å². The lowest BCUT2D eigenvalue weighted by atomic mass is 10.2. The maximum atomic E-state index is 12.2. The van der Waals surface area contributed by atoms with E-state index in [0.717, 1.165) is 11.3 Å². The third-order valence-electron chi connectivity index (χ3n) is 3.37. The van der Waals surface area contributed by atoms with Crippen LogP contribution in [0.3, 0.4) is 0 Å². The maximum Gasteiger partial charge on any atom is 0.378 e. The molecule has 0 fully saturated rings. The number of ether oxygens (including phenoxy) is 1. The Morgan fingerprint density at radius 1 is 1.04 bits per heavy atom. The first-order chi connectivity index (χ1) is 11.6. The van der Waals surface area contributed by atoms with E-state index in [1.165, 1.54) is 0 Å². The zero-order valence-electron chi connectivity index (χ0n) is 13.7. The Hall–Kier alpha value is -2.95. The van der Waals surface area contributed by atoms with Gasteiger partial charge in [0.25, 0.3) is 5.82 Å². The molecular weight excluding hydrogens is 302 g/mol. The molecule has 122 valence electrons. The second-order valence-corrected chi connectivity index (χ2v) is 5.86. The number of benzene rings is 2. The summed E-state index contributed by atoms with van der Waals surface area (Å²) >= 11 is 0. The van der Waals surface area contributed by atoms with E-state index in [1.807, 2.05) is 74.5 Å². The minimum atomic E-state index is -0.504. The number of hydrogen-bond donors (Lipinski definition) is 0. The number of carbonyl (C=O) groups excluding carboxylic acids is 1. The van der Waals surface area contributed by atoms with Crippen LogP contribution < -0.4 is 0 Å². The van der Waals surface area contributed by atoms with Crippen molar-refractivity contribution in [2.45, 2.75) is 13.8 Å². The van der Waals surface area contributed by atoms with Crippen LogP contribution in [0.25, 0.3) is 17.1 Å². The standard InChI is InChI=1S/C19H19N3O2/c1-14(2)13-24-19(23)17-20-18(15-9-5-3-6-10-15)22(21-17)16-11-7-4-8-12-16/h3-12,14H,13H2,1-2H3. The molecule has 1 aromatic heterocycles. The minimum Gasteiger partial charge on any atom is -0.459 e. The van der Waals surface area contributed by atoms with Gasteiger partial charge in [-0.1, -0.05) is 62.4 Å². The molecule has 0 N–H and O–H groups in total. The molecule has 0 radical (unpaired) electrons. The normalized spacial score (nSPS) is 10.8. The molecule has 0 aliphatic heterocycles. The van der Waals surface area contributed by atoms with Gasteiger partial charge < -0.3 is 4.74 Å². The lowest BCUT2D eigenvalue weighted by Crippen LogP contribution is -2.12. The van der Waals surface area contributed by atoms with Crippen molar-refractivity contribution in [1.29, 1.82) is 0 Å². The number of hydrogen-bond acceptors (Lipinski definition) is 4. The van der Waals surface area contributed by atoms with E-state index in [4.69, 9.17) is 4.74 Å². The molecule has 3 rings (SSSR count). The number of nitrogens with zero attached hydrogens (tertiary/aromatic N) is 3. The summed E-state index contributed by atoms with van der Waals surface area (Å²) in [6.07, 6.45) is 0. The molecule has 0 aliphatic carbocycles. The molecule has 0 aliphatic rings. The van der Waals surface area contributed by atoms with Crippen LogP contribution in [0.2, 0.25) is 0 Å². The highest BCUT2D eigenvalue weighted by atomic mass is 16.5. The van der Waals surface area contributed by atoms with Gasteiger partial charge in [0.2, 0.25) is 0 Å². The molecule has 1 heterocycles. The molecule has 0 unspecified atom stereocenters. The molecule has 2 aromatic carbocycles. The molecule has 5 nitrogen and oxygen atoms in total. The summed E-state index contributed by atoms with van der Waals surface area (Å²) in [5, 5.41) is 4.37. The minimum absolute atomic E-state index is 0.0679. The first-order valence-corrected chi connectivity index (χ1v) is 7.90. The van der Waals surface area contributed by atoms with Crippen molar-refractivity contribution in [2.75, 3.05) is 6.61 Å². The summed E-state index contributed by atoms with van der Waals surface area (Å²) < 4.78 is 6.92. The highest BCUT2D eigenvalue weighted by molar-refractivity contribution is 5.86. The van der Waals surface area contributed by atoms with E-state index >= 15 is 0 Å². The van der Waals surface area contributed by atoms with Crippen molar-refractivity contribution in [2.24, 2.45) is 5.92 Å². The molecule has 0 atom stereocenters. The Kier molecular flexibility index (Phi) is 4.70. The molecule has 0 spiro atoms. The third kappa shape index (κ3) is 3.51. The second-order valence-electron chi connectivity index (χ2n) is 5.86. The topological polar surface area (TPSA) is 57.0 Å². The number of para-hydroxylation sites is 1. The van der Waals surface area contributed by atoms with Crippen molar-refractivity contribution >= 4 is 5.97 Å². The molecule has 0 bridgehead atoms. The first-order valence-electron chi connectivity index (χ1n) is 7.90. The predicted octanol–water partition coefficient (Wildman–Crippen LogP) is 3.75. The average molecular weight is 321 g/mol. The smallest absolute Gasteiger partial charge is 0.378 e. The fourth-order valence-corrected chi connectivity index (χ4v) is 2.23. The number of carbonyl (C=O) groups is 1. The van der Waals surface area contributed by atoms with Crippen LogP contribution in [0.4, 0.5) is 0 Å². The van der Waals surface area contributed by atoms with Crippen LogP contribution in [0.15, 0.2) is 60.7 Å². The van der Waals surface area contributed by atoms with Gasteiger partial charge in [-0.2, -0.15) is 0 Å². The Morgan fingerprint density at radius 3 is 2.29 bits per heavy atom. The number of esters is 1. The van der Waals surface area contributed by atoms with Gasteiger partial charge in [0, 0.05) is 5.56 Å². The Balaban J connectivity index is 2.02. The fraction of sp³-hybridized carbons (Fsp3) is 0.211. The summed E-state index contributed by atoms with van der Waals surface area (Å²) in [4.78, 5) is 16.6. The Bertz CT molecular complexity index is 754. The molecule has 0 saturated carbocycles. The number of aromatic nitrogens is 3. The number of rotatable bonds is 5. The summed E-state index contributed by atoms with van der Waals surface area (Å²) in [6.45, 7) is 4.32. The largest absolute Gasteiger partial charge is 0.459 e. The van der Waals surface area contributed by atoms with Crippen molar-refractivity contribution in [3.8, 4) is 17.1 Å². The Morgan fingerprint density at radius 2 is 1.67 bits per heavy atom. The summed E-state index contributed by atoms with van der Waals surface area (Å²) in [5.41, 5.74) is 1.73. The highest BCUT2D eigenvalue weighted by Gasteiger charge is 2.20. The molecule has 5 heteroatoms. The van der Waals surface area contributed by atoms with Gasteiger partial charge in [-0.05, 0) is 18.1 Å².